The zero-order chi connectivity index (χ0) is 81.8. The fourth-order valence-electron chi connectivity index (χ4n) is 6.79. The Morgan fingerprint density at radius 1 is 0.0973 bits per heavy atom. The van der Waals surface area contributed by atoms with E-state index >= 15 is 0 Å². The van der Waals surface area contributed by atoms with Gasteiger partial charge in [-0.1, -0.05) is 388 Å². The van der Waals surface area contributed by atoms with Crippen LogP contribution >= 0.6 is 0 Å². The molecular formula is C96H88NiO16-8. The molecule has 0 spiro atoms. The summed E-state index contributed by atoms with van der Waals surface area (Å²) in [5, 5.41) is 151. The quantitative estimate of drug-likeness (QED) is 0.0654. The first-order valence-corrected chi connectivity index (χ1v) is 34.0. The molecule has 16 nitrogen and oxygen atoms in total. The van der Waals surface area contributed by atoms with Crippen LogP contribution in [0.15, 0.2) is 485 Å². The molecule has 0 aliphatic heterocycles. The summed E-state index contributed by atoms with van der Waals surface area (Å²) in [6.07, 6.45) is 0. The number of phenols is 8. The third-order valence-corrected chi connectivity index (χ3v) is 12.0. The minimum absolute atomic E-state index is 0. The van der Waals surface area contributed by atoms with Gasteiger partial charge < -0.3 is 81.7 Å². The first kappa shape index (κ1) is 97.8. The minimum atomic E-state index is 0. The summed E-state index contributed by atoms with van der Waals surface area (Å²) in [7, 11) is 0. The fourth-order valence-corrected chi connectivity index (χ4v) is 6.79. The number of hydrogen-bond acceptors (Lipinski definition) is 16. The van der Waals surface area contributed by atoms with E-state index in [4.69, 9.17) is 40.9 Å². The van der Waals surface area contributed by atoms with Crippen LogP contribution in [0.5, 0.6) is 92.0 Å². The van der Waals surface area contributed by atoms with Crippen molar-refractivity contribution in [1.29, 1.82) is 0 Å². The Hall–Kier alpha value is -15.2. The molecule has 8 N–H and O–H groups in total. The molecule has 0 radical (unpaired) electrons. The maximum Gasteiger partial charge on any atom is 0.115 e. The molecule has 0 saturated heterocycles. The van der Waals surface area contributed by atoms with Gasteiger partial charge in [0.2, 0.25) is 0 Å². The summed E-state index contributed by atoms with van der Waals surface area (Å²) in [5.41, 5.74) is 0. The first-order chi connectivity index (χ1) is 54.3. The molecule has 0 aliphatic carbocycles. The number of phenolic OH excluding ortho intramolecular Hbond substituents is 8. The Balaban J connectivity index is 0.00000118. The molecule has 17 heteroatoms. The van der Waals surface area contributed by atoms with E-state index in [1.165, 1.54) is 97.1 Å². The number of rotatable bonds is 0. The van der Waals surface area contributed by atoms with E-state index in [0.717, 1.165) is 0 Å². The fraction of sp³-hybridized carbons (Fsp3) is 0. The van der Waals surface area contributed by atoms with Gasteiger partial charge in [-0.3, -0.25) is 0 Å². The van der Waals surface area contributed by atoms with Gasteiger partial charge in [0, 0.05) is 16.5 Å². The third kappa shape index (κ3) is 68.4. The van der Waals surface area contributed by atoms with Crippen LogP contribution in [0.2, 0.25) is 0 Å². The summed E-state index contributed by atoms with van der Waals surface area (Å²) in [6, 6.07) is 136. The molecular weight excluding hydrogens is 1470 g/mol. The minimum Gasteiger partial charge on any atom is -0.872 e. The van der Waals surface area contributed by atoms with Crippen LogP contribution in [0, 0.1) is 0 Å². The second kappa shape index (κ2) is 69.8. The summed E-state index contributed by atoms with van der Waals surface area (Å²) in [5.74, 6) is 3.15. The molecule has 0 heterocycles. The molecule has 0 unspecified atom stereocenters. The van der Waals surface area contributed by atoms with Crippen molar-refractivity contribution in [3.8, 4) is 92.0 Å². The van der Waals surface area contributed by atoms with Crippen LogP contribution in [0.25, 0.3) is 0 Å². The largest absolute Gasteiger partial charge is 0.872 e. The number of para-hydroxylation sites is 16. The van der Waals surface area contributed by atoms with Gasteiger partial charge in [-0.05, 0) is 97.1 Å². The zero-order valence-electron chi connectivity index (χ0n) is 61.3. The summed E-state index contributed by atoms with van der Waals surface area (Å²) >= 11 is 0. The van der Waals surface area contributed by atoms with Gasteiger partial charge in [-0.2, -0.15) is 0 Å². The SMILES string of the molecule is Oc1ccccc1.Oc1ccccc1.Oc1ccccc1.Oc1ccccc1.Oc1ccccc1.Oc1ccccc1.Oc1ccccc1.Oc1ccccc1.[Ni].[O-]c1ccccc1.[O-]c1ccccc1.[O-]c1ccccc1.[O-]c1ccccc1.[O-]c1ccccc1.[O-]c1ccccc1.[O-]c1ccccc1.[O-]c1ccccc1. The van der Waals surface area contributed by atoms with Crippen LogP contribution in [0.1, 0.15) is 0 Å². The first-order valence-electron chi connectivity index (χ1n) is 34.0. The monoisotopic (exact) mass is 1550 g/mol. The second-order valence-electron chi connectivity index (χ2n) is 21.2. The Bertz CT molecular complexity index is 3350. The maximum absolute atomic E-state index is 10.3. The van der Waals surface area contributed by atoms with Gasteiger partial charge in [0.25, 0.3) is 0 Å². The van der Waals surface area contributed by atoms with Crippen molar-refractivity contribution in [2.75, 3.05) is 0 Å². The van der Waals surface area contributed by atoms with Gasteiger partial charge in [-0.25, -0.2) is 0 Å². The Labute approximate surface area is 671 Å². The summed E-state index contributed by atoms with van der Waals surface area (Å²) in [6.45, 7) is 0. The number of aromatic hydroxyl groups is 8. The van der Waals surface area contributed by atoms with E-state index in [-0.39, 0.29) is 62.5 Å². The van der Waals surface area contributed by atoms with Crippen molar-refractivity contribution in [1.82, 2.24) is 0 Å². The molecule has 0 amide bonds. The van der Waals surface area contributed by atoms with Gasteiger partial charge in [0.1, 0.15) is 46.0 Å². The van der Waals surface area contributed by atoms with Crippen molar-refractivity contribution in [2.24, 2.45) is 0 Å². The Kier molecular flexibility index (Phi) is 60.4. The molecule has 0 bridgehead atoms. The molecule has 113 heavy (non-hydrogen) atoms. The Morgan fingerprint density at radius 3 is 0.177 bits per heavy atom. The zero-order valence-corrected chi connectivity index (χ0v) is 62.3. The van der Waals surface area contributed by atoms with Gasteiger partial charge in [-0.15, -0.1) is 46.0 Å². The molecule has 0 aromatic heterocycles. The van der Waals surface area contributed by atoms with Crippen molar-refractivity contribution in [3.63, 3.8) is 0 Å². The molecule has 16 aromatic rings. The molecule has 16 aromatic carbocycles. The van der Waals surface area contributed by atoms with Crippen LogP contribution < -0.4 is 40.9 Å². The molecule has 0 saturated carbocycles. The average Bonchev–Trinajstić information content (AvgIpc) is 3.89. The standard InChI is InChI=1S/16C6H6O.Ni/c16*7-6-4-2-1-3-5-6;/h16*1-5,7H;/p-8. The van der Waals surface area contributed by atoms with Gasteiger partial charge in [0.05, 0.1) is 0 Å². The maximum atomic E-state index is 10.3. The average molecular weight is 1560 g/mol. The van der Waals surface area contributed by atoms with E-state index < -0.39 is 0 Å². The van der Waals surface area contributed by atoms with E-state index in [9.17, 15) is 40.9 Å². The van der Waals surface area contributed by atoms with E-state index in [2.05, 4.69) is 0 Å². The summed E-state index contributed by atoms with van der Waals surface area (Å²) in [4.78, 5) is 0. The number of hydrogen-bond donors (Lipinski definition) is 8. The van der Waals surface area contributed by atoms with E-state index in [0.29, 0.717) is 46.0 Å². The number of benzene rings is 16. The topological polar surface area (TPSA) is 346 Å². The molecule has 0 fully saturated rings. The molecule has 0 atom stereocenters. The summed E-state index contributed by atoms with van der Waals surface area (Å²) < 4.78 is 0. The second-order valence-corrected chi connectivity index (χ2v) is 21.2. The smallest absolute Gasteiger partial charge is 0.115 e. The predicted octanol–water partition coefficient (Wildman–Crippen LogP) is 17.2. The van der Waals surface area contributed by atoms with E-state index in [1.807, 2.05) is 97.1 Å². The molecule has 0 aliphatic rings. The predicted molar refractivity (Wildman–Crippen MR) is 432 cm³/mol. The Morgan fingerprint density at radius 2 is 0.150 bits per heavy atom. The van der Waals surface area contributed by atoms with Crippen LogP contribution in [0.4, 0.5) is 0 Å². The van der Waals surface area contributed by atoms with Crippen LogP contribution in [-0.4, -0.2) is 40.9 Å². The normalized spacial score (nSPS) is 8.50. The van der Waals surface area contributed by atoms with Crippen LogP contribution in [-0.2, 0) is 16.5 Å². The van der Waals surface area contributed by atoms with Crippen molar-refractivity contribution in [2.45, 2.75) is 0 Å². The van der Waals surface area contributed by atoms with Gasteiger partial charge in [0.15, 0.2) is 0 Å². The van der Waals surface area contributed by atoms with Gasteiger partial charge >= 0.3 is 0 Å². The van der Waals surface area contributed by atoms with E-state index in [1.54, 1.807) is 291 Å². The third-order valence-electron chi connectivity index (χ3n) is 12.0. The van der Waals surface area contributed by atoms with Crippen molar-refractivity contribution < 1.29 is 98.2 Å². The van der Waals surface area contributed by atoms with Crippen molar-refractivity contribution >= 4 is 0 Å². The molecule has 586 valence electrons. The van der Waals surface area contributed by atoms with Crippen LogP contribution in [0.3, 0.4) is 0 Å². The molecule has 16 rings (SSSR count). The van der Waals surface area contributed by atoms with Crippen molar-refractivity contribution in [3.05, 3.63) is 485 Å².